The van der Waals surface area contributed by atoms with E-state index < -0.39 is 0 Å². The Morgan fingerprint density at radius 2 is 1.19 bits per heavy atom. The molecule has 0 radical (unpaired) electrons. The number of hydrogen-bond acceptors (Lipinski definition) is 0. The molecule has 0 amide bonds. The van der Waals surface area contributed by atoms with E-state index in [2.05, 4.69) is 62.3 Å². The topological polar surface area (TPSA) is 0 Å². The number of hydrogen-bond donors (Lipinski definition) is 0. The lowest BCUT2D eigenvalue weighted by Crippen LogP contribution is -2.29. The highest BCUT2D eigenvalue weighted by molar-refractivity contribution is 4.80. The van der Waals surface area contributed by atoms with Gasteiger partial charge in [-0.25, -0.2) is 0 Å². The Morgan fingerprint density at radius 1 is 0.619 bits per heavy atom. The van der Waals surface area contributed by atoms with E-state index in [1.54, 1.807) is 0 Å². The summed E-state index contributed by atoms with van der Waals surface area (Å²) in [4.78, 5) is 0. The summed E-state index contributed by atoms with van der Waals surface area (Å²) in [5.74, 6) is 6.09. The SMILES string of the molecule is CCCC(C(C)CC(C)C(C)C)C(CC(C)CC)C(C)C. The molecule has 0 aliphatic heterocycles. The first-order chi connectivity index (χ1) is 9.74. The van der Waals surface area contributed by atoms with Gasteiger partial charge < -0.3 is 0 Å². The van der Waals surface area contributed by atoms with Gasteiger partial charge in [0.15, 0.2) is 0 Å². The minimum Gasteiger partial charge on any atom is -0.0654 e. The Kier molecular flexibility index (Phi) is 10.7. The summed E-state index contributed by atoms with van der Waals surface area (Å²) in [5, 5.41) is 0. The Morgan fingerprint density at radius 3 is 1.57 bits per heavy atom. The minimum absolute atomic E-state index is 0.821. The summed E-state index contributed by atoms with van der Waals surface area (Å²) < 4.78 is 0. The first kappa shape index (κ1) is 21.0. The first-order valence-electron chi connectivity index (χ1n) is 9.74. The maximum atomic E-state index is 2.53. The van der Waals surface area contributed by atoms with Crippen molar-refractivity contribution < 1.29 is 0 Å². The fourth-order valence-corrected chi connectivity index (χ4v) is 3.86. The summed E-state index contributed by atoms with van der Waals surface area (Å²) in [6.45, 7) is 21.8. The molecule has 0 heterocycles. The summed E-state index contributed by atoms with van der Waals surface area (Å²) in [6.07, 6.45) is 6.93. The van der Waals surface area contributed by atoms with Gasteiger partial charge in [-0.05, 0) is 54.3 Å². The van der Waals surface area contributed by atoms with Crippen LogP contribution >= 0.6 is 0 Å². The molecule has 0 saturated carbocycles. The molecule has 0 aliphatic carbocycles. The van der Waals surface area contributed by atoms with Crippen LogP contribution in [0.15, 0.2) is 0 Å². The quantitative estimate of drug-likeness (QED) is 0.372. The maximum absolute atomic E-state index is 2.53. The summed E-state index contributed by atoms with van der Waals surface area (Å²) in [5.41, 5.74) is 0. The molecule has 0 aromatic carbocycles. The maximum Gasteiger partial charge on any atom is -0.0358 e. The van der Waals surface area contributed by atoms with Crippen molar-refractivity contribution in [1.29, 1.82) is 0 Å². The lowest BCUT2D eigenvalue weighted by Gasteiger charge is -2.37. The second-order valence-corrected chi connectivity index (χ2v) is 8.54. The highest BCUT2D eigenvalue weighted by Crippen LogP contribution is 2.39. The smallest absolute Gasteiger partial charge is 0.0358 e. The predicted molar refractivity (Wildman–Crippen MR) is 98.6 cm³/mol. The molecule has 0 aliphatic rings. The van der Waals surface area contributed by atoms with Crippen LogP contribution in [0.3, 0.4) is 0 Å². The molecule has 0 N–H and O–H groups in total. The third kappa shape index (κ3) is 7.71. The molecule has 0 heteroatoms. The molecule has 5 unspecified atom stereocenters. The van der Waals surface area contributed by atoms with Gasteiger partial charge in [0.05, 0.1) is 0 Å². The van der Waals surface area contributed by atoms with Crippen molar-refractivity contribution in [3.8, 4) is 0 Å². The Hall–Kier alpha value is 0. The second-order valence-electron chi connectivity index (χ2n) is 8.54. The molecule has 0 saturated heterocycles. The van der Waals surface area contributed by atoms with Crippen molar-refractivity contribution in [1.82, 2.24) is 0 Å². The molecular weight excluding hydrogens is 252 g/mol. The zero-order chi connectivity index (χ0) is 16.6. The second kappa shape index (κ2) is 10.7. The summed E-state index contributed by atoms with van der Waals surface area (Å²) in [6, 6.07) is 0. The highest BCUT2D eigenvalue weighted by Gasteiger charge is 2.30. The van der Waals surface area contributed by atoms with Gasteiger partial charge in [0.2, 0.25) is 0 Å². The molecule has 21 heavy (non-hydrogen) atoms. The zero-order valence-electron chi connectivity index (χ0n) is 16.6. The fourth-order valence-electron chi connectivity index (χ4n) is 3.86. The van der Waals surface area contributed by atoms with Crippen molar-refractivity contribution in [2.45, 2.75) is 94.4 Å². The van der Waals surface area contributed by atoms with E-state index in [9.17, 15) is 0 Å². The zero-order valence-corrected chi connectivity index (χ0v) is 16.6. The van der Waals surface area contributed by atoms with Crippen LogP contribution < -0.4 is 0 Å². The van der Waals surface area contributed by atoms with Crippen molar-refractivity contribution in [2.75, 3.05) is 0 Å². The summed E-state index contributed by atoms with van der Waals surface area (Å²) >= 11 is 0. The third-order valence-corrected chi connectivity index (χ3v) is 6.01. The van der Waals surface area contributed by atoms with Gasteiger partial charge in [-0.2, -0.15) is 0 Å². The fraction of sp³-hybridized carbons (Fsp3) is 1.00. The van der Waals surface area contributed by atoms with E-state index in [0.29, 0.717) is 0 Å². The van der Waals surface area contributed by atoms with Crippen molar-refractivity contribution in [3.05, 3.63) is 0 Å². The van der Waals surface area contributed by atoms with E-state index >= 15 is 0 Å². The van der Waals surface area contributed by atoms with Crippen molar-refractivity contribution >= 4 is 0 Å². The molecule has 0 nitrogen and oxygen atoms in total. The molecule has 0 aromatic heterocycles. The molecule has 128 valence electrons. The largest absolute Gasteiger partial charge is 0.0654 e. The van der Waals surface area contributed by atoms with Gasteiger partial charge in [0.1, 0.15) is 0 Å². The van der Waals surface area contributed by atoms with Gasteiger partial charge in [-0.3, -0.25) is 0 Å². The van der Waals surface area contributed by atoms with E-state index in [-0.39, 0.29) is 0 Å². The molecule has 5 atom stereocenters. The summed E-state index contributed by atoms with van der Waals surface area (Å²) in [7, 11) is 0. The number of rotatable bonds is 11. The minimum atomic E-state index is 0.821. The van der Waals surface area contributed by atoms with E-state index in [0.717, 1.165) is 41.4 Å². The lowest BCUT2D eigenvalue weighted by atomic mass is 9.68. The van der Waals surface area contributed by atoms with E-state index in [1.165, 1.54) is 32.1 Å². The van der Waals surface area contributed by atoms with Crippen LogP contribution in [0.5, 0.6) is 0 Å². The Balaban J connectivity index is 4.94. The predicted octanol–water partition coefficient (Wildman–Crippen LogP) is 7.43. The molecule has 0 aromatic rings. The molecular formula is C21H44. The molecule has 0 spiro atoms. The highest BCUT2D eigenvalue weighted by atomic mass is 14.4. The van der Waals surface area contributed by atoms with Gasteiger partial charge in [0.25, 0.3) is 0 Å². The van der Waals surface area contributed by atoms with Gasteiger partial charge in [0, 0.05) is 0 Å². The van der Waals surface area contributed by atoms with E-state index in [4.69, 9.17) is 0 Å². The average Bonchev–Trinajstić information content (AvgIpc) is 2.41. The molecule has 0 bridgehead atoms. The normalized spacial score (nSPS) is 19.6. The lowest BCUT2D eigenvalue weighted by molar-refractivity contribution is 0.124. The van der Waals surface area contributed by atoms with Crippen LogP contribution in [0.4, 0.5) is 0 Å². The Bertz CT molecular complexity index is 240. The first-order valence-corrected chi connectivity index (χ1v) is 9.74. The van der Waals surface area contributed by atoms with E-state index in [1.807, 2.05) is 0 Å². The molecule has 0 fully saturated rings. The van der Waals surface area contributed by atoms with Gasteiger partial charge in [-0.1, -0.05) is 81.6 Å². The van der Waals surface area contributed by atoms with Crippen LogP contribution in [-0.2, 0) is 0 Å². The van der Waals surface area contributed by atoms with Crippen LogP contribution in [0, 0.1) is 41.4 Å². The van der Waals surface area contributed by atoms with Crippen LogP contribution in [0.25, 0.3) is 0 Å². The standard InChI is InChI=1S/C21H44/c1-10-12-20(19(9)14-18(8)15(3)4)21(16(5)6)13-17(7)11-2/h15-21H,10-14H2,1-9H3. The van der Waals surface area contributed by atoms with Crippen molar-refractivity contribution in [2.24, 2.45) is 41.4 Å². The van der Waals surface area contributed by atoms with Crippen LogP contribution in [0.2, 0.25) is 0 Å². The van der Waals surface area contributed by atoms with Gasteiger partial charge in [-0.15, -0.1) is 0 Å². The van der Waals surface area contributed by atoms with Gasteiger partial charge >= 0.3 is 0 Å². The third-order valence-electron chi connectivity index (χ3n) is 6.01. The monoisotopic (exact) mass is 296 g/mol. The Labute approximate surface area is 136 Å². The van der Waals surface area contributed by atoms with Crippen LogP contribution in [0.1, 0.15) is 94.4 Å². The average molecular weight is 297 g/mol. The molecule has 0 rings (SSSR count). The van der Waals surface area contributed by atoms with Crippen molar-refractivity contribution in [3.63, 3.8) is 0 Å². The van der Waals surface area contributed by atoms with Crippen LogP contribution in [-0.4, -0.2) is 0 Å².